The van der Waals surface area contributed by atoms with Crippen molar-refractivity contribution in [3.63, 3.8) is 0 Å². The molecule has 1 amide bonds. The van der Waals surface area contributed by atoms with Gasteiger partial charge in [0.15, 0.2) is 0 Å². The Hall–Kier alpha value is -2.55. The minimum Gasteiger partial charge on any atom is -0.497 e. The standard InChI is InChI=1S/C20H25F3N4O2/c1-25(12-18-24-8-10-26(18)14-20(21,22)23)13-19(28)27-9-4-7-17(27)15-5-3-6-16(11-15)29-2/h3,5-6,8,10-11,17H,4,7,9,12-14H2,1-2H3. The Morgan fingerprint density at radius 3 is 2.90 bits per heavy atom. The highest BCUT2D eigenvalue weighted by molar-refractivity contribution is 5.79. The number of aromatic nitrogens is 2. The molecule has 2 aromatic rings. The van der Waals surface area contributed by atoms with E-state index in [9.17, 15) is 18.0 Å². The van der Waals surface area contributed by atoms with Crippen LogP contribution in [0.5, 0.6) is 5.75 Å². The number of carbonyl (C=O) groups excluding carboxylic acids is 1. The zero-order valence-electron chi connectivity index (χ0n) is 16.5. The first-order valence-corrected chi connectivity index (χ1v) is 9.45. The zero-order chi connectivity index (χ0) is 21.0. The minimum atomic E-state index is -4.32. The maximum atomic E-state index is 12.9. The number of hydrogen-bond acceptors (Lipinski definition) is 4. The van der Waals surface area contributed by atoms with Crippen molar-refractivity contribution in [1.82, 2.24) is 19.4 Å². The number of imidazole rings is 1. The third-order valence-corrected chi connectivity index (χ3v) is 5.02. The molecule has 1 aliphatic heterocycles. The monoisotopic (exact) mass is 410 g/mol. The first-order valence-electron chi connectivity index (χ1n) is 9.45. The highest BCUT2D eigenvalue weighted by Gasteiger charge is 2.31. The van der Waals surface area contributed by atoms with Crippen LogP contribution in [-0.2, 0) is 17.9 Å². The topological polar surface area (TPSA) is 50.6 Å². The van der Waals surface area contributed by atoms with Crippen LogP contribution in [0.1, 0.15) is 30.3 Å². The van der Waals surface area contributed by atoms with Crippen LogP contribution in [0.4, 0.5) is 13.2 Å². The molecule has 1 aromatic heterocycles. The molecule has 0 N–H and O–H groups in total. The van der Waals surface area contributed by atoms with E-state index >= 15 is 0 Å². The Balaban J connectivity index is 1.63. The molecule has 0 radical (unpaired) electrons. The average Bonchev–Trinajstić information content (AvgIpc) is 3.30. The van der Waals surface area contributed by atoms with Gasteiger partial charge in [-0.2, -0.15) is 13.2 Å². The molecule has 1 atom stereocenters. The van der Waals surface area contributed by atoms with Gasteiger partial charge >= 0.3 is 6.18 Å². The van der Waals surface area contributed by atoms with E-state index in [2.05, 4.69) is 4.98 Å². The summed E-state index contributed by atoms with van der Waals surface area (Å²) in [5.74, 6) is 0.977. The quantitative estimate of drug-likeness (QED) is 0.703. The fourth-order valence-electron chi connectivity index (χ4n) is 3.71. The predicted octanol–water partition coefficient (Wildman–Crippen LogP) is 3.25. The molecule has 0 bridgehead atoms. The van der Waals surface area contributed by atoms with Crippen LogP contribution in [0, 0.1) is 0 Å². The van der Waals surface area contributed by atoms with Gasteiger partial charge in [-0.3, -0.25) is 9.69 Å². The number of halogens is 3. The zero-order valence-corrected chi connectivity index (χ0v) is 16.5. The van der Waals surface area contributed by atoms with Crippen molar-refractivity contribution < 1.29 is 22.7 Å². The number of alkyl halides is 3. The van der Waals surface area contributed by atoms with Gasteiger partial charge in [0.25, 0.3) is 0 Å². The van der Waals surface area contributed by atoms with Crippen molar-refractivity contribution in [2.24, 2.45) is 0 Å². The molecule has 9 heteroatoms. The number of methoxy groups -OCH3 is 1. The third kappa shape index (κ3) is 5.50. The molecule has 1 saturated heterocycles. The molecular weight excluding hydrogens is 385 g/mol. The molecule has 1 fully saturated rings. The molecule has 0 spiro atoms. The second kappa shape index (κ2) is 8.86. The summed E-state index contributed by atoms with van der Waals surface area (Å²) in [7, 11) is 3.31. The van der Waals surface area contributed by atoms with E-state index in [1.165, 1.54) is 12.4 Å². The Labute approximate surface area is 167 Å². The Morgan fingerprint density at radius 2 is 2.17 bits per heavy atom. The van der Waals surface area contributed by atoms with Crippen molar-refractivity contribution in [3.05, 3.63) is 48.0 Å². The van der Waals surface area contributed by atoms with E-state index in [0.29, 0.717) is 6.54 Å². The lowest BCUT2D eigenvalue weighted by atomic mass is 10.0. The van der Waals surface area contributed by atoms with Crippen molar-refractivity contribution in [3.8, 4) is 5.75 Å². The molecule has 2 heterocycles. The van der Waals surface area contributed by atoms with Crippen molar-refractivity contribution in [2.45, 2.75) is 38.1 Å². The van der Waals surface area contributed by atoms with E-state index in [4.69, 9.17) is 4.74 Å². The fourth-order valence-corrected chi connectivity index (χ4v) is 3.71. The largest absolute Gasteiger partial charge is 0.497 e. The lowest BCUT2D eigenvalue weighted by Crippen LogP contribution is -2.38. The minimum absolute atomic E-state index is 0.0155. The van der Waals surface area contributed by atoms with Crippen LogP contribution >= 0.6 is 0 Å². The molecular formula is C20H25F3N4O2. The van der Waals surface area contributed by atoms with Gasteiger partial charge < -0.3 is 14.2 Å². The summed E-state index contributed by atoms with van der Waals surface area (Å²) in [6.07, 6.45) is 0.114. The van der Waals surface area contributed by atoms with Crippen LogP contribution in [0.25, 0.3) is 0 Å². The van der Waals surface area contributed by atoms with E-state index < -0.39 is 12.7 Å². The van der Waals surface area contributed by atoms with E-state index in [1.807, 2.05) is 29.2 Å². The summed E-state index contributed by atoms with van der Waals surface area (Å²) >= 11 is 0. The second-order valence-corrected chi connectivity index (χ2v) is 7.28. The summed E-state index contributed by atoms with van der Waals surface area (Å²) in [5, 5.41) is 0. The Morgan fingerprint density at radius 1 is 1.38 bits per heavy atom. The van der Waals surface area contributed by atoms with Crippen LogP contribution in [0.2, 0.25) is 0 Å². The number of ether oxygens (including phenoxy) is 1. The average molecular weight is 410 g/mol. The molecule has 158 valence electrons. The molecule has 6 nitrogen and oxygen atoms in total. The number of benzene rings is 1. The molecule has 29 heavy (non-hydrogen) atoms. The first kappa shape index (κ1) is 21.2. The summed E-state index contributed by atoms with van der Waals surface area (Å²) in [5.41, 5.74) is 1.03. The summed E-state index contributed by atoms with van der Waals surface area (Å²) in [6, 6.07) is 7.67. The highest BCUT2D eigenvalue weighted by atomic mass is 19.4. The van der Waals surface area contributed by atoms with Gasteiger partial charge in [0.1, 0.15) is 18.1 Å². The van der Waals surface area contributed by atoms with Crippen molar-refractivity contribution >= 4 is 5.91 Å². The predicted molar refractivity (Wildman–Crippen MR) is 101 cm³/mol. The highest BCUT2D eigenvalue weighted by Crippen LogP contribution is 2.33. The summed E-state index contributed by atoms with van der Waals surface area (Å²) in [4.78, 5) is 20.4. The van der Waals surface area contributed by atoms with E-state index in [-0.39, 0.29) is 30.9 Å². The van der Waals surface area contributed by atoms with Crippen molar-refractivity contribution in [2.75, 3.05) is 27.2 Å². The van der Waals surface area contributed by atoms with Crippen LogP contribution in [-0.4, -0.2) is 58.7 Å². The Kier molecular flexibility index (Phi) is 6.46. The summed E-state index contributed by atoms with van der Waals surface area (Å²) < 4.78 is 44.4. The smallest absolute Gasteiger partial charge is 0.406 e. The van der Waals surface area contributed by atoms with Crippen LogP contribution in [0.3, 0.4) is 0 Å². The van der Waals surface area contributed by atoms with Gasteiger partial charge in [0.2, 0.25) is 5.91 Å². The SMILES string of the molecule is COc1cccc(C2CCCN2C(=O)CN(C)Cc2nccn2CC(F)(F)F)c1. The van der Waals surface area contributed by atoms with Gasteiger partial charge in [0, 0.05) is 18.9 Å². The molecule has 1 unspecified atom stereocenters. The molecule has 1 aliphatic rings. The van der Waals surface area contributed by atoms with Gasteiger partial charge in [-0.1, -0.05) is 12.1 Å². The maximum absolute atomic E-state index is 12.9. The number of likely N-dealkylation sites (N-methyl/N-ethyl adjacent to an activating group) is 1. The van der Waals surface area contributed by atoms with E-state index in [0.717, 1.165) is 28.7 Å². The van der Waals surface area contributed by atoms with E-state index in [1.54, 1.807) is 19.1 Å². The van der Waals surface area contributed by atoms with Gasteiger partial charge in [0.05, 0.1) is 26.2 Å². The molecule has 0 saturated carbocycles. The lowest BCUT2D eigenvalue weighted by molar-refractivity contribution is -0.141. The lowest BCUT2D eigenvalue weighted by Gasteiger charge is -2.27. The molecule has 0 aliphatic carbocycles. The van der Waals surface area contributed by atoms with Crippen LogP contribution < -0.4 is 4.74 Å². The molecule has 3 rings (SSSR count). The Bertz CT molecular complexity index is 837. The number of amides is 1. The maximum Gasteiger partial charge on any atom is 0.406 e. The third-order valence-electron chi connectivity index (χ3n) is 5.02. The molecule has 1 aromatic carbocycles. The van der Waals surface area contributed by atoms with Crippen molar-refractivity contribution in [1.29, 1.82) is 0 Å². The van der Waals surface area contributed by atoms with Gasteiger partial charge in [-0.15, -0.1) is 0 Å². The van der Waals surface area contributed by atoms with Gasteiger partial charge in [-0.25, -0.2) is 4.98 Å². The summed E-state index contributed by atoms with van der Waals surface area (Å²) in [6.45, 7) is -0.156. The fraction of sp³-hybridized carbons (Fsp3) is 0.500. The number of hydrogen-bond donors (Lipinski definition) is 0. The van der Waals surface area contributed by atoms with Crippen LogP contribution in [0.15, 0.2) is 36.7 Å². The number of likely N-dealkylation sites (tertiary alicyclic amines) is 1. The second-order valence-electron chi connectivity index (χ2n) is 7.28. The van der Waals surface area contributed by atoms with Gasteiger partial charge in [-0.05, 0) is 37.6 Å². The number of nitrogens with zero attached hydrogens (tertiary/aromatic N) is 4. The number of rotatable bonds is 7. The first-order chi connectivity index (χ1) is 13.8. The normalized spacial score (nSPS) is 17.2. The number of carbonyl (C=O) groups is 1.